The van der Waals surface area contributed by atoms with Crippen LogP contribution in [0.25, 0.3) is 11.1 Å². The van der Waals surface area contributed by atoms with Gasteiger partial charge in [0.05, 0.1) is 16.1 Å². The average molecular weight is 441 g/mol. The summed E-state index contributed by atoms with van der Waals surface area (Å²) in [6.07, 6.45) is 1.46. The molecule has 1 saturated heterocycles. The second kappa shape index (κ2) is 8.32. The van der Waals surface area contributed by atoms with Crippen molar-refractivity contribution in [3.8, 4) is 11.1 Å². The lowest BCUT2D eigenvalue weighted by Crippen LogP contribution is -2.50. The maximum absolute atomic E-state index is 13.0. The van der Waals surface area contributed by atoms with E-state index in [1.54, 1.807) is 11.0 Å². The van der Waals surface area contributed by atoms with Crippen molar-refractivity contribution < 1.29 is 22.6 Å². The van der Waals surface area contributed by atoms with Crippen LogP contribution in [0.2, 0.25) is 0 Å². The number of nitro benzene ring substituents is 1. The topological polar surface area (TPSA) is 114 Å². The van der Waals surface area contributed by atoms with Gasteiger partial charge in [0.2, 0.25) is 10.0 Å². The van der Waals surface area contributed by atoms with Crippen molar-refractivity contribution >= 4 is 21.6 Å². The Morgan fingerprint density at radius 3 is 2.35 bits per heavy atom. The predicted molar refractivity (Wildman–Crippen MR) is 112 cm³/mol. The van der Waals surface area contributed by atoms with E-state index < -0.39 is 14.9 Å². The van der Waals surface area contributed by atoms with Gasteiger partial charge >= 0.3 is 0 Å². The first kappa shape index (κ1) is 20.8. The van der Waals surface area contributed by atoms with Crippen LogP contribution < -0.4 is 0 Å². The van der Waals surface area contributed by atoms with Gasteiger partial charge in [-0.2, -0.15) is 4.31 Å². The van der Waals surface area contributed by atoms with Crippen molar-refractivity contribution in [1.82, 2.24) is 9.21 Å². The number of benzene rings is 2. The Kier molecular flexibility index (Phi) is 5.57. The van der Waals surface area contributed by atoms with Crippen LogP contribution in [-0.2, 0) is 10.0 Å². The second-order valence-corrected chi connectivity index (χ2v) is 8.92. The maximum Gasteiger partial charge on any atom is 0.290 e. The summed E-state index contributed by atoms with van der Waals surface area (Å²) < 4.78 is 32.5. The molecule has 0 saturated carbocycles. The average Bonchev–Trinajstić information content (AvgIpc) is 3.29. The normalized spacial score (nSPS) is 15.0. The number of hydrogen-bond donors (Lipinski definition) is 0. The number of non-ortho nitro benzene ring substituents is 1. The van der Waals surface area contributed by atoms with Crippen LogP contribution in [0, 0.1) is 10.1 Å². The first-order chi connectivity index (χ1) is 14.9. The fraction of sp³-hybridized carbons (Fsp3) is 0.190. The highest BCUT2D eigenvalue weighted by atomic mass is 32.2. The van der Waals surface area contributed by atoms with Crippen molar-refractivity contribution in [2.75, 3.05) is 26.2 Å². The lowest BCUT2D eigenvalue weighted by Gasteiger charge is -2.33. The summed E-state index contributed by atoms with van der Waals surface area (Å²) in [6.45, 7) is 0.528. The summed E-state index contributed by atoms with van der Waals surface area (Å²) in [6, 6.07) is 16.1. The van der Waals surface area contributed by atoms with Gasteiger partial charge in [-0.1, -0.05) is 36.4 Å². The first-order valence-electron chi connectivity index (χ1n) is 9.55. The zero-order chi connectivity index (χ0) is 22.0. The van der Waals surface area contributed by atoms with Gasteiger partial charge in [0.25, 0.3) is 11.6 Å². The van der Waals surface area contributed by atoms with Crippen LogP contribution in [-0.4, -0.2) is 54.6 Å². The Morgan fingerprint density at radius 1 is 0.968 bits per heavy atom. The highest BCUT2D eigenvalue weighted by Crippen LogP contribution is 2.27. The summed E-state index contributed by atoms with van der Waals surface area (Å²) in [5, 5.41) is 11.0. The molecule has 0 aliphatic carbocycles. The fourth-order valence-corrected chi connectivity index (χ4v) is 4.96. The van der Waals surface area contributed by atoms with Gasteiger partial charge in [0, 0.05) is 43.9 Å². The molecule has 10 heteroatoms. The Hall–Kier alpha value is -3.50. The lowest BCUT2D eigenvalue weighted by atomic mass is 10.1. The summed E-state index contributed by atoms with van der Waals surface area (Å²) >= 11 is 0. The van der Waals surface area contributed by atoms with Gasteiger partial charge in [0.15, 0.2) is 5.76 Å². The smallest absolute Gasteiger partial charge is 0.290 e. The number of piperazine rings is 1. The molecule has 2 heterocycles. The van der Waals surface area contributed by atoms with Gasteiger partial charge in [-0.15, -0.1) is 0 Å². The highest BCUT2D eigenvalue weighted by molar-refractivity contribution is 7.89. The molecule has 9 nitrogen and oxygen atoms in total. The first-order valence-corrected chi connectivity index (χ1v) is 11.0. The van der Waals surface area contributed by atoms with Crippen molar-refractivity contribution in [3.05, 3.63) is 82.8 Å². The SMILES string of the molecule is O=C(c1occc1-c1ccccc1)N1CCN(S(=O)(=O)c2cccc([N+](=O)[O-])c2)CC1. The third-order valence-corrected chi connectivity index (χ3v) is 7.03. The van der Waals surface area contributed by atoms with Crippen LogP contribution in [0.4, 0.5) is 5.69 Å². The van der Waals surface area contributed by atoms with Gasteiger partial charge in [-0.25, -0.2) is 8.42 Å². The number of carbonyl (C=O) groups excluding carboxylic acids is 1. The number of rotatable bonds is 5. The van der Waals surface area contributed by atoms with Crippen LogP contribution in [0.5, 0.6) is 0 Å². The van der Waals surface area contributed by atoms with Crippen molar-refractivity contribution in [2.24, 2.45) is 0 Å². The largest absolute Gasteiger partial charge is 0.459 e. The number of carbonyl (C=O) groups is 1. The number of sulfonamides is 1. The highest BCUT2D eigenvalue weighted by Gasteiger charge is 2.32. The minimum Gasteiger partial charge on any atom is -0.459 e. The van der Waals surface area contributed by atoms with E-state index in [1.807, 2.05) is 30.3 Å². The number of amides is 1. The molecule has 0 bridgehead atoms. The molecule has 4 rings (SSSR count). The van der Waals surface area contributed by atoms with Gasteiger partial charge in [0.1, 0.15) is 0 Å². The lowest BCUT2D eigenvalue weighted by molar-refractivity contribution is -0.385. The van der Waals surface area contributed by atoms with E-state index >= 15 is 0 Å². The zero-order valence-corrected chi connectivity index (χ0v) is 17.2. The third kappa shape index (κ3) is 4.07. The molecule has 0 N–H and O–H groups in total. The molecule has 160 valence electrons. The number of nitrogens with zero attached hydrogens (tertiary/aromatic N) is 3. The molecular weight excluding hydrogens is 422 g/mol. The molecule has 1 fully saturated rings. The van der Waals surface area contributed by atoms with Gasteiger partial charge < -0.3 is 9.32 Å². The molecule has 1 amide bonds. The molecule has 0 unspecified atom stereocenters. The van der Waals surface area contributed by atoms with E-state index in [2.05, 4.69) is 0 Å². The summed E-state index contributed by atoms with van der Waals surface area (Å²) in [4.78, 5) is 24.7. The Bertz CT molecular complexity index is 1210. The minimum absolute atomic E-state index is 0.0815. The Morgan fingerprint density at radius 2 is 1.68 bits per heavy atom. The molecule has 0 spiro atoms. The second-order valence-electron chi connectivity index (χ2n) is 6.98. The molecule has 31 heavy (non-hydrogen) atoms. The quantitative estimate of drug-likeness (QED) is 0.444. The number of hydrogen-bond acceptors (Lipinski definition) is 6. The van der Waals surface area contributed by atoms with Crippen LogP contribution in [0.3, 0.4) is 0 Å². The molecule has 1 aromatic heterocycles. The zero-order valence-electron chi connectivity index (χ0n) is 16.4. The van der Waals surface area contributed by atoms with Gasteiger partial charge in [-0.3, -0.25) is 14.9 Å². The predicted octanol–water partition coefficient (Wildman–Crippen LogP) is 3.00. The molecule has 0 atom stereocenters. The molecule has 3 aromatic rings. The number of furan rings is 1. The van der Waals surface area contributed by atoms with Crippen LogP contribution in [0.1, 0.15) is 10.6 Å². The summed E-state index contributed by atoms with van der Waals surface area (Å²) in [5.41, 5.74) is 1.24. The Balaban J connectivity index is 1.48. The monoisotopic (exact) mass is 441 g/mol. The van der Waals surface area contributed by atoms with Gasteiger partial charge in [-0.05, 0) is 17.7 Å². The third-order valence-electron chi connectivity index (χ3n) is 5.14. The summed E-state index contributed by atoms with van der Waals surface area (Å²) in [7, 11) is -3.90. The minimum atomic E-state index is -3.90. The molecule has 0 radical (unpaired) electrons. The summed E-state index contributed by atoms with van der Waals surface area (Å²) in [5.74, 6) is -0.0996. The Labute approximate surface area is 178 Å². The van der Waals surface area contributed by atoms with Crippen molar-refractivity contribution in [1.29, 1.82) is 0 Å². The molecule has 1 aliphatic heterocycles. The van der Waals surface area contributed by atoms with E-state index in [9.17, 15) is 23.3 Å². The molecular formula is C21H19N3O6S. The van der Waals surface area contributed by atoms with E-state index in [-0.39, 0.29) is 48.4 Å². The van der Waals surface area contributed by atoms with E-state index in [0.29, 0.717) is 5.56 Å². The molecule has 2 aromatic carbocycles. The van der Waals surface area contributed by atoms with E-state index in [0.717, 1.165) is 11.6 Å². The van der Waals surface area contributed by atoms with E-state index in [4.69, 9.17) is 4.42 Å². The van der Waals surface area contributed by atoms with Crippen molar-refractivity contribution in [2.45, 2.75) is 4.90 Å². The van der Waals surface area contributed by atoms with Crippen molar-refractivity contribution in [3.63, 3.8) is 0 Å². The fourth-order valence-electron chi connectivity index (χ4n) is 3.50. The van der Waals surface area contributed by atoms with E-state index in [1.165, 1.54) is 28.8 Å². The number of nitro groups is 1. The maximum atomic E-state index is 13.0. The standard InChI is InChI=1S/C21H19N3O6S/c25-21(20-19(9-14-30-20)16-5-2-1-3-6-16)22-10-12-23(13-11-22)31(28,29)18-8-4-7-17(15-18)24(26)27/h1-9,14-15H,10-13H2. The van der Waals surface area contributed by atoms with Crippen LogP contribution in [0.15, 0.2) is 76.2 Å². The molecule has 1 aliphatic rings. The van der Waals surface area contributed by atoms with Crippen LogP contribution >= 0.6 is 0 Å².